The Bertz CT molecular complexity index is 1300. The number of allylic oxidation sites excluding steroid dienone is 14. The minimum absolute atomic E-state index is 0.0238. The van der Waals surface area contributed by atoms with Crippen LogP contribution in [0.4, 0.5) is 0 Å². The topological polar surface area (TPSA) is 102 Å². The van der Waals surface area contributed by atoms with Crippen LogP contribution in [-0.2, 0) is 28.6 Å². The van der Waals surface area contributed by atoms with E-state index in [0.717, 1.165) is 83.5 Å². The van der Waals surface area contributed by atoms with Crippen LogP contribution in [0.3, 0.4) is 0 Å². The second kappa shape index (κ2) is 45.1. The lowest BCUT2D eigenvalue weighted by molar-refractivity contribution is -0.889. The summed E-state index contributed by atoms with van der Waals surface area (Å²) in [7, 11) is 5.40. The van der Waals surface area contributed by atoms with E-state index in [0.29, 0.717) is 12.8 Å². The molecule has 0 amide bonds. The van der Waals surface area contributed by atoms with Crippen molar-refractivity contribution in [3.63, 3.8) is 0 Å². The van der Waals surface area contributed by atoms with Crippen LogP contribution < -0.4 is 5.11 Å². The lowest BCUT2D eigenvalue weighted by Crippen LogP contribution is -2.55. The molecule has 0 fully saturated rings. The number of carboxylic acids is 1. The van der Waals surface area contributed by atoms with Crippen LogP contribution in [-0.4, -0.2) is 75.5 Å². The summed E-state index contributed by atoms with van der Waals surface area (Å²) in [5.74, 6) is -1.78. The standard InChI is InChI=1S/C55H93NO7/c1-6-8-10-12-14-16-18-20-22-24-25-26-27-28-29-30-32-33-35-37-39-41-43-45-53(57)62-50-51(49-61-48-47-52(55(59)60)56(3,4)5)63-54(58)46-44-42-40-38-36-34-31-23-21-19-17-15-13-11-9-7-2/h8-11,14-17,20-23,34,36,51-52H,6-7,12-13,18-19,24-33,35,37-50H2,1-5H3/b10-8+,11-9+,16-14+,17-15+,22-20+,23-21+,36-34+. The number of ether oxygens (including phenoxy) is 3. The number of likely N-dealkylation sites (N-methyl/N-ethyl adjacent to an activating group) is 1. The van der Waals surface area contributed by atoms with E-state index in [1.807, 2.05) is 0 Å². The molecule has 0 saturated heterocycles. The summed E-state index contributed by atoms with van der Waals surface area (Å²) in [6, 6.07) is -0.736. The molecule has 0 heterocycles. The van der Waals surface area contributed by atoms with E-state index >= 15 is 0 Å². The Labute approximate surface area is 386 Å². The van der Waals surface area contributed by atoms with Crippen molar-refractivity contribution in [1.29, 1.82) is 0 Å². The smallest absolute Gasteiger partial charge is 0.306 e. The first-order valence-corrected chi connectivity index (χ1v) is 25.1. The van der Waals surface area contributed by atoms with Crippen LogP contribution in [0.2, 0.25) is 0 Å². The number of hydrogen-bond donors (Lipinski definition) is 0. The average Bonchev–Trinajstić information content (AvgIpc) is 3.24. The lowest BCUT2D eigenvalue weighted by Gasteiger charge is -2.34. The van der Waals surface area contributed by atoms with E-state index in [4.69, 9.17) is 14.2 Å². The van der Waals surface area contributed by atoms with Gasteiger partial charge in [-0.1, -0.05) is 176 Å². The van der Waals surface area contributed by atoms with Crippen LogP contribution >= 0.6 is 0 Å². The fraction of sp³-hybridized carbons (Fsp3) is 0.691. The molecule has 0 aliphatic rings. The Hall–Kier alpha value is -3.49. The van der Waals surface area contributed by atoms with Gasteiger partial charge < -0.3 is 28.6 Å². The first-order chi connectivity index (χ1) is 30.6. The maximum Gasteiger partial charge on any atom is 0.306 e. The second-order valence-corrected chi connectivity index (χ2v) is 17.6. The highest BCUT2D eigenvalue weighted by Gasteiger charge is 2.25. The fourth-order valence-electron chi connectivity index (χ4n) is 6.96. The monoisotopic (exact) mass is 880 g/mol. The van der Waals surface area contributed by atoms with Crippen molar-refractivity contribution in [2.75, 3.05) is 41.0 Å². The van der Waals surface area contributed by atoms with Gasteiger partial charge in [0.25, 0.3) is 0 Å². The summed E-state index contributed by atoms with van der Waals surface area (Å²) in [6.07, 6.45) is 59.0. The molecule has 2 unspecified atom stereocenters. The first-order valence-electron chi connectivity index (χ1n) is 25.1. The fourth-order valence-corrected chi connectivity index (χ4v) is 6.96. The van der Waals surface area contributed by atoms with Gasteiger partial charge in [-0.05, 0) is 83.5 Å². The van der Waals surface area contributed by atoms with Crippen molar-refractivity contribution in [1.82, 2.24) is 0 Å². The van der Waals surface area contributed by atoms with Crippen LogP contribution in [0.5, 0.6) is 0 Å². The summed E-state index contributed by atoms with van der Waals surface area (Å²) in [4.78, 5) is 37.0. The molecule has 0 aliphatic heterocycles. The number of carbonyl (C=O) groups is 3. The number of nitrogens with zero attached hydrogens (tertiary/aromatic N) is 1. The molecule has 2 atom stereocenters. The van der Waals surface area contributed by atoms with Crippen molar-refractivity contribution in [2.45, 2.75) is 206 Å². The van der Waals surface area contributed by atoms with Crippen molar-refractivity contribution in [2.24, 2.45) is 0 Å². The number of hydrogen-bond acceptors (Lipinski definition) is 7. The van der Waals surface area contributed by atoms with Gasteiger partial charge in [-0.2, -0.15) is 0 Å². The van der Waals surface area contributed by atoms with Gasteiger partial charge in [0.2, 0.25) is 0 Å². The summed E-state index contributed by atoms with van der Waals surface area (Å²) < 4.78 is 17.2. The molecule has 0 aromatic carbocycles. The molecule has 360 valence electrons. The van der Waals surface area contributed by atoms with Crippen LogP contribution in [0, 0.1) is 0 Å². The predicted molar refractivity (Wildman–Crippen MR) is 263 cm³/mol. The van der Waals surface area contributed by atoms with Crippen molar-refractivity contribution in [3.05, 3.63) is 85.1 Å². The number of carboxylic acid groups (broad SMARTS) is 1. The van der Waals surface area contributed by atoms with Crippen molar-refractivity contribution in [3.8, 4) is 0 Å². The predicted octanol–water partition coefficient (Wildman–Crippen LogP) is 13.1. The zero-order valence-corrected chi connectivity index (χ0v) is 41.0. The Morgan fingerprint density at radius 3 is 1.25 bits per heavy atom. The highest BCUT2D eigenvalue weighted by molar-refractivity contribution is 5.70. The van der Waals surface area contributed by atoms with Gasteiger partial charge in [0.05, 0.1) is 40.3 Å². The number of unbranched alkanes of at least 4 members (excludes halogenated alkanes) is 16. The molecular formula is C55H93NO7. The molecule has 0 radical (unpaired) electrons. The molecule has 63 heavy (non-hydrogen) atoms. The first kappa shape index (κ1) is 59.5. The third-order valence-corrected chi connectivity index (χ3v) is 10.8. The van der Waals surface area contributed by atoms with Gasteiger partial charge in [-0.3, -0.25) is 9.59 Å². The number of rotatable bonds is 44. The number of esters is 2. The van der Waals surface area contributed by atoms with Crippen LogP contribution in [0.25, 0.3) is 0 Å². The maximum atomic E-state index is 12.8. The quantitative estimate of drug-likeness (QED) is 0.0260. The molecule has 8 nitrogen and oxygen atoms in total. The van der Waals surface area contributed by atoms with Gasteiger partial charge in [-0.25, -0.2) is 0 Å². The van der Waals surface area contributed by atoms with E-state index in [9.17, 15) is 19.5 Å². The Kier molecular flexibility index (Phi) is 42.6. The average molecular weight is 880 g/mol. The third-order valence-electron chi connectivity index (χ3n) is 10.8. The minimum Gasteiger partial charge on any atom is -0.544 e. The van der Waals surface area contributed by atoms with Crippen molar-refractivity contribution < 1.29 is 38.2 Å². The number of carbonyl (C=O) groups excluding carboxylic acids is 3. The molecule has 0 rings (SSSR count). The molecule has 8 heteroatoms. The van der Waals surface area contributed by atoms with E-state index in [1.165, 1.54) is 70.6 Å². The largest absolute Gasteiger partial charge is 0.544 e. The van der Waals surface area contributed by atoms with Gasteiger partial charge in [0.1, 0.15) is 12.6 Å². The van der Waals surface area contributed by atoms with Gasteiger partial charge in [0.15, 0.2) is 6.10 Å². The van der Waals surface area contributed by atoms with Gasteiger partial charge in [-0.15, -0.1) is 0 Å². The summed E-state index contributed by atoms with van der Waals surface area (Å²) in [6.45, 7) is 4.40. The number of quaternary nitrogens is 1. The van der Waals surface area contributed by atoms with E-state index in [2.05, 4.69) is 98.9 Å². The Balaban J connectivity index is 4.26. The Morgan fingerprint density at radius 1 is 0.476 bits per heavy atom. The highest BCUT2D eigenvalue weighted by Crippen LogP contribution is 2.15. The zero-order valence-electron chi connectivity index (χ0n) is 41.0. The zero-order chi connectivity index (χ0) is 46.3. The van der Waals surface area contributed by atoms with E-state index in [-0.39, 0.29) is 49.1 Å². The van der Waals surface area contributed by atoms with Crippen LogP contribution in [0.1, 0.15) is 194 Å². The van der Waals surface area contributed by atoms with Crippen molar-refractivity contribution >= 4 is 17.9 Å². The molecule has 0 N–H and O–H groups in total. The molecule has 0 aromatic heterocycles. The Morgan fingerprint density at radius 2 is 0.841 bits per heavy atom. The van der Waals surface area contributed by atoms with Crippen LogP contribution in [0.15, 0.2) is 85.1 Å². The highest BCUT2D eigenvalue weighted by atomic mass is 16.6. The van der Waals surface area contributed by atoms with E-state index < -0.39 is 18.1 Å². The molecule has 0 aliphatic carbocycles. The lowest BCUT2D eigenvalue weighted by atomic mass is 10.0. The molecular weight excluding hydrogens is 787 g/mol. The second-order valence-electron chi connectivity index (χ2n) is 17.6. The SMILES string of the molecule is CC/C=C/C/C=C/C/C=C/C/C=C/CCCCCC(=O)OC(COCCC(C(=O)[O-])[N+](C)(C)C)COC(=O)CCCCCCCCCCCCCCC/C=C/C/C=C/C/C=C/CC. The minimum atomic E-state index is -1.13. The maximum absolute atomic E-state index is 12.8. The summed E-state index contributed by atoms with van der Waals surface area (Å²) in [5, 5.41) is 11.7. The molecule has 0 spiro atoms. The summed E-state index contributed by atoms with van der Waals surface area (Å²) in [5.41, 5.74) is 0. The summed E-state index contributed by atoms with van der Waals surface area (Å²) >= 11 is 0. The van der Waals surface area contributed by atoms with Gasteiger partial charge >= 0.3 is 11.9 Å². The molecule has 0 aromatic rings. The molecule has 0 bridgehead atoms. The van der Waals surface area contributed by atoms with E-state index in [1.54, 1.807) is 21.1 Å². The number of aliphatic carboxylic acids is 1. The normalized spacial score (nSPS) is 13.6. The van der Waals surface area contributed by atoms with Gasteiger partial charge in [0, 0.05) is 19.3 Å². The third kappa shape index (κ3) is 43.5. The molecule has 0 saturated carbocycles.